The number of rotatable bonds is 6. The summed E-state index contributed by atoms with van der Waals surface area (Å²) in [6.07, 6.45) is 1.91. The first kappa shape index (κ1) is 21.5. The van der Waals surface area contributed by atoms with Crippen molar-refractivity contribution < 1.29 is 23.5 Å². The molecule has 1 amide bonds. The topological polar surface area (TPSA) is 93.4 Å². The van der Waals surface area contributed by atoms with Gasteiger partial charge >= 0.3 is 5.97 Å². The quantitative estimate of drug-likeness (QED) is 0.733. The van der Waals surface area contributed by atoms with Gasteiger partial charge in [0.1, 0.15) is 17.7 Å². The number of anilines is 1. The molecule has 0 radical (unpaired) electrons. The third-order valence-corrected chi connectivity index (χ3v) is 5.35. The molecule has 1 N–H and O–H groups in total. The summed E-state index contributed by atoms with van der Waals surface area (Å²) in [4.78, 5) is 24.5. The van der Waals surface area contributed by atoms with E-state index in [2.05, 4.69) is 11.4 Å². The number of aromatic nitrogens is 1. The van der Waals surface area contributed by atoms with Crippen LogP contribution in [0.5, 0.6) is 0 Å². The van der Waals surface area contributed by atoms with Crippen molar-refractivity contribution in [2.45, 2.75) is 46.3 Å². The van der Waals surface area contributed by atoms with Crippen LogP contribution in [-0.2, 0) is 20.8 Å². The predicted octanol–water partition coefficient (Wildman–Crippen LogP) is 3.40. The number of esters is 1. The molecular formula is C22H24FN3O4. The molecule has 0 saturated carbocycles. The van der Waals surface area contributed by atoms with E-state index in [9.17, 15) is 19.2 Å². The summed E-state index contributed by atoms with van der Waals surface area (Å²) in [5.41, 5.74) is 2.44. The van der Waals surface area contributed by atoms with Crippen molar-refractivity contribution in [3.05, 3.63) is 52.0 Å². The lowest BCUT2D eigenvalue weighted by Gasteiger charge is -2.17. The van der Waals surface area contributed by atoms with E-state index in [-0.39, 0.29) is 11.7 Å². The highest BCUT2D eigenvalue weighted by Crippen LogP contribution is 2.28. The largest absolute Gasteiger partial charge is 0.452 e. The molecule has 3 rings (SSSR count). The van der Waals surface area contributed by atoms with E-state index in [1.54, 1.807) is 6.92 Å². The Morgan fingerprint density at radius 3 is 2.77 bits per heavy atom. The van der Waals surface area contributed by atoms with Crippen LogP contribution in [0.15, 0.2) is 18.2 Å². The minimum absolute atomic E-state index is 0.0203. The van der Waals surface area contributed by atoms with Crippen LogP contribution >= 0.6 is 0 Å². The van der Waals surface area contributed by atoms with Crippen LogP contribution in [0, 0.1) is 37.9 Å². The van der Waals surface area contributed by atoms with Crippen LogP contribution in [0.2, 0.25) is 0 Å². The molecule has 1 aliphatic heterocycles. The summed E-state index contributed by atoms with van der Waals surface area (Å²) >= 11 is 0. The van der Waals surface area contributed by atoms with Crippen LogP contribution in [0.25, 0.3) is 0 Å². The number of aryl methyl sites for hydroxylation is 1. The molecule has 1 fully saturated rings. The van der Waals surface area contributed by atoms with Crippen molar-refractivity contribution in [1.82, 2.24) is 4.57 Å². The van der Waals surface area contributed by atoms with Crippen LogP contribution in [-0.4, -0.2) is 35.8 Å². The fraction of sp³-hybridized carbons (Fsp3) is 0.409. The number of ether oxygens (including phenoxy) is 2. The zero-order valence-electron chi connectivity index (χ0n) is 17.3. The first-order chi connectivity index (χ1) is 14.3. The van der Waals surface area contributed by atoms with Gasteiger partial charge in [0.2, 0.25) is 0 Å². The van der Waals surface area contributed by atoms with Crippen molar-refractivity contribution >= 4 is 17.7 Å². The maximum absolute atomic E-state index is 13.6. The number of nitriles is 1. The number of hydrogen-bond donors (Lipinski definition) is 1. The molecule has 0 aliphatic carbocycles. The molecule has 1 aromatic carbocycles. The molecule has 7 nitrogen and oxygen atoms in total. The average molecular weight is 413 g/mol. The lowest BCUT2D eigenvalue weighted by molar-refractivity contribution is -0.119. The Labute approximate surface area is 174 Å². The Balaban J connectivity index is 1.70. The van der Waals surface area contributed by atoms with E-state index in [1.807, 2.05) is 18.4 Å². The van der Waals surface area contributed by atoms with Crippen LogP contribution < -0.4 is 5.32 Å². The second-order valence-electron chi connectivity index (χ2n) is 7.38. The van der Waals surface area contributed by atoms with E-state index in [0.717, 1.165) is 30.2 Å². The van der Waals surface area contributed by atoms with Gasteiger partial charge in [-0.3, -0.25) is 4.79 Å². The van der Waals surface area contributed by atoms with Gasteiger partial charge in [-0.15, -0.1) is 0 Å². The predicted molar refractivity (Wildman–Crippen MR) is 108 cm³/mol. The van der Waals surface area contributed by atoms with E-state index < -0.39 is 24.3 Å². The minimum atomic E-state index is -0.799. The normalized spacial score (nSPS) is 15.6. The number of nitrogens with one attached hydrogen (secondary N) is 1. The van der Waals surface area contributed by atoms with Crippen LogP contribution in [0.4, 0.5) is 10.2 Å². The smallest absolute Gasteiger partial charge is 0.338 e. The van der Waals surface area contributed by atoms with Gasteiger partial charge in [-0.1, -0.05) is 6.07 Å². The maximum Gasteiger partial charge on any atom is 0.338 e. The minimum Gasteiger partial charge on any atom is -0.452 e. The third kappa shape index (κ3) is 4.52. The zero-order chi connectivity index (χ0) is 21.8. The van der Waals surface area contributed by atoms with Crippen molar-refractivity contribution in [2.75, 3.05) is 18.5 Å². The first-order valence-corrected chi connectivity index (χ1v) is 9.76. The number of carbonyl (C=O) groups is 2. The first-order valence-electron chi connectivity index (χ1n) is 9.76. The molecule has 2 heterocycles. The summed E-state index contributed by atoms with van der Waals surface area (Å²) in [5.74, 6) is -1.54. The van der Waals surface area contributed by atoms with Gasteiger partial charge in [0, 0.05) is 12.3 Å². The fourth-order valence-electron chi connectivity index (χ4n) is 3.45. The van der Waals surface area contributed by atoms with Crippen LogP contribution in [0.1, 0.15) is 45.6 Å². The van der Waals surface area contributed by atoms with Gasteiger partial charge in [0.15, 0.2) is 6.61 Å². The van der Waals surface area contributed by atoms with E-state index in [4.69, 9.17) is 9.47 Å². The average Bonchev–Trinajstić information content (AvgIpc) is 3.31. The van der Waals surface area contributed by atoms with Crippen molar-refractivity contribution in [3.63, 3.8) is 0 Å². The maximum atomic E-state index is 13.6. The van der Waals surface area contributed by atoms with Gasteiger partial charge in [-0.2, -0.15) is 5.26 Å². The molecular weight excluding hydrogens is 389 g/mol. The van der Waals surface area contributed by atoms with Crippen LogP contribution in [0.3, 0.4) is 0 Å². The Morgan fingerprint density at radius 1 is 1.37 bits per heavy atom. The number of amides is 1. The Kier molecular flexibility index (Phi) is 6.53. The van der Waals surface area contributed by atoms with Gasteiger partial charge < -0.3 is 19.4 Å². The standard InChI is InChI=1S/C22H24FN3O4/c1-13-6-7-16(9-19(13)23)22(28)30-12-20(27)25-21-18(10-24)14(2)15(3)26(21)11-17-5-4-8-29-17/h6-7,9,17H,4-5,8,11-12H2,1-3H3,(H,25,27)/t17-/m0/s1. The lowest BCUT2D eigenvalue weighted by atomic mass is 10.1. The summed E-state index contributed by atoms with van der Waals surface area (Å²) < 4.78 is 26.2. The third-order valence-electron chi connectivity index (χ3n) is 5.35. The van der Waals surface area contributed by atoms with Crippen molar-refractivity contribution in [1.29, 1.82) is 5.26 Å². The molecule has 1 saturated heterocycles. The fourth-order valence-corrected chi connectivity index (χ4v) is 3.45. The SMILES string of the molecule is Cc1ccc(C(=O)OCC(=O)Nc2c(C#N)c(C)c(C)n2C[C@@H]2CCCO2)cc1F. The molecule has 158 valence electrons. The van der Waals surface area contributed by atoms with Crippen molar-refractivity contribution in [3.8, 4) is 6.07 Å². The molecule has 1 atom stereocenters. The number of nitrogens with zero attached hydrogens (tertiary/aromatic N) is 2. The second kappa shape index (κ2) is 9.09. The molecule has 1 aliphatic rings. The highest BCUT2D eigenvalue weighted by Gasteiger charge is 2.24. The molecule has 0 bridgehead atoms. The van der Waals surface area contributed by atoms with Gasteiger partial charge in [0.05, 0.1) is 23.8 Å². The number of hydrogen-bond acceptors (Lipinski definition) is 5. The zero-order valence-corrected chi connectivity index (χ0v) is 17.3. The monoisotopic (exact) mass is 413 g/mol. The molecule has 2 aromatic rings. The highest BCUT2D eigenvalue weighted by atomic mass is 19.1. The van der Waals surface area contributed by atoms with E-state index in [0.29, 0.717) is 30.1 Å². The van der Waals surface area contributed by atoms with E-state index in [1.165, 1.54) is 12.1 Å². The van der Waals surface area contributed by atoms with Crippen molar-refractivity contribution in [2.24, 2.45) is 0 Å². The Morgan fingerprint density at radius 2 is 2.13 bits per heavy atom. The molecule has 8 heteroatoms. The molecule has 0 unspecified atom stereocenters. The second-order valence-corrected chi connectivity index (χ2v) is 7.38. The van der Waals surface area contributed by atoms with Gasteiger partial charge in [-0.05, 0) is 56.9 Å². The number of halogens is 1. The lowest BCUT2D eigenvalue weighted by Crippen LogP contribution is -2.25. The Bertz CT molecular complexity index is 1020. The summed E-state index contributed by atoms with van der Waals surface area (Å²) in [5, 5.41) is 12.2. The summed E-state index contributed by atoms with van der Waals surface area (Å²) in [6, 6.07) is 6.11. The van der Waals surface area contributed by atoms with E-state index >= 15 is 0 Å². The summed E-state index contributed by atoms with van der Waals surface area (Å²) in [7, 11) is 0. The number of carbonyl (C=O) groups excluding carboxylic acids is 2. The molecule has 1 aromatic heterocycles. The Hall–Kier alpha value is -3.18. The van der Waals surface area contributed by atoms with Gasteiger partial charge in [-0.25, -0.2) is 9.18 Å². The number of benzene rings is 1. The molecule has 0 spiro atoms. The summed E-state index contributed by atoms with van der Waals surface area (Å²) in [6.45, 7) is 5.95. The van der Waals surface area contributed by atoms with Gasteiger partial charge in [0.25, 0.3) is 5.91 Å². The molecule has 30 heavy (non-hydrogen) atoms. The highest BCUT2D eigenvalue weighted by molar-refractivity contribution is 5.96.